The van der Waals surface area contributed by atoms with Crippen molar-refractivity contribution >= 4 is 22.4 Å². The first-order chi connectivity index (χ1) is 12.3. The van der Waals surface area contributed by atoms with Crippen LogP contribution in [0, 0.1) is 6.92 Å². The highest BCUT2D eigenvalue weighted by Gasteiger charge is 2.07. The van der Waals surface area contributed by atoms with Crippen molar-refractivity contribution in [1.29, 1.82) is 0 Å². The van der Waals surface area contributed by atoms with E-state index in [0.717, 1.165) is 39.4 Å². The lowest BCUT2D eigenvalue weighted by Crippen LogP contribution is -2.06. The smallest absolute Gasteiger partial charge is 0.104 e. The molecule has 0 spiro atoms. The minimum atomic E-state index is 0.905. The molecular weight excluding hydrogens is 308 g/mol. The Morgan fingerprint density at radius 3 is 2.16 bits per heavy atom. The molecule has 3 aromatic carbocycles. The molecule has 0 aliphatic rings. The number of hydrazone groups is 1. The molecule has 0 atom stereocenters. The second-order valence-electron chi connectivity index (χ2n) is 5.86. The summed E-state index contributed by atoms with van der Waals surface area (Å²) < 4.78 is 0. The van der Waals surface area contributed by atoms with Gasteiger partial charge in [-0.2, -0.15) is 5.10 Å². The molecule has 25 heavy (non-hydrogen) atoms. The average molecular weight is 326 g/mol. The molecule has 122 valence electrons. The minimum absolute atomic E-state index is 0.905. The van der Waals surface area contributed by atoms with Gasteiger partial charge in [0.05, 0.1) is 22.4 Å². The normalized spacial score (nSPS) is 10.6. The average Bonchev–Trinajstić information content (AvgIpc) is 3.03. The SMILES string of the molecule is Cc1nc2ccc(NN=C(c3ccccc3)c3ccccc3)cc2[nH]1. The van der Waals surface area contributed by atoms with Crippen LogP contribution in [0.1, 0.15) is 17.0 Å². The van der Waals surface area contributed by atoms with Gasteiger partial charge in [-0.1, -0.05) is 60.7 Å². The van der Waals surface area contributed by atoms with Crippen LogP contribution in [0.15, 0.2) is 84.0 Å². The largest absolute Gasteiger partial charge is 0.342 e. The number of hydrogen-bond donors (Lipinski definition) is 2. The van der Waals surface area contributed by atoms with Crippen molar-refractivity contribution in [1.82, 2.24) is 9.97 Å². The van der Waals surface area contributed by atoms with Gasteiger partial charge in [0.15, 0.2) is 0 Å². The summed E-state index contributed by atoms with van der Waals surface area (Å²) in [6.45, 7) is 1.95. The van der Waals surface area contributed by atoms with Gasteiger partial charge in [0.2, 0.25) is 0 Å². The number of anilines is 1. The molecule has 0 aliphatic heterocycles. The highest BCUT2D eigenvalue weighted by atomic mass is 15.3. The molecular formula is C21H18N4. The molecule has 0 fully saturated rings. The number of hydrogen-bond acceptors (Lipinski definition) is 3. The number of nitrogens with zero attached hydrogens (tertiary/aromatic N) is 2. The number of aryl methyl sites for hydroxylation is 1. The molecule has 4 nitrogen and oxygen atoms in total. The van der Waals surface area contributed by atoms with Crippen LogP contribution in [0.2, 0.25) is 0 Å². The minimum Gasteiger partial charge on any atom is -0.342 e. The van der Waals surface area contributed by atoms with E-state index in [-0.39, 0.29) is 0 Å². The van der Waals surface area contributed by atoms with Crippen LogP contribution in [0.5, 0.6) is 0 Å². The van der Waals surface area contributed by atoms with E-state index in [1.54, 1.807) is 0 Å². The molecule has 0 unspecified atom stereocenters. The Balaban J connectivity index is 1.71. The monoisotopic (exact) mass is 326 g/mol. The quantitative estimate of drug-likeness (QED) is 0.420. The Morgan fingerprint density at radius 2 is 1.52 bits per heavy atom. The standard InChI is InChI=1S/C21H18N4/c1-15-22-19-13-12-18(14-20(19)23-15)24-25-21(16-8-4-2-5-9-16)17-10-6-3-7-11-17/h2-14,24H,1H3,(H,22,23). The van der Waals surface area contributed by atoms with Crippen molar-refractivity contribution < 1.29 is 0 Å². The van der Waals surface area contributed by atoms with Gasteiger partial charge in [-0.25, -0.2) is 4.98 Å². The Kier molecular flexibility index (Phi) is 4.01. The van der Waals surface area contributed by atoms with Gasteiger partial charge in [0.1, 0.15) is 5.82 Å². The second kappa shape index (κ2) is 6.61. The Hall–Kier alpha value is -3.40. The van der Waals surface area contributed by atoms with Crippen LogP contribution in [0.4, 0.5) is 5.69 Å². The van der Waals surface area contributed by atoms with Crippen molar-refractivity contribution in [2.45, 2.75) is 6.92 Å². The third-order valence-corrected chi connectivity index (χ3v) is 3.99. The molecule has 0 saturated heterocycles. The summed E-state index contributed by atoms with van der Waals surface area (Å²) >= 11 is 0. The summed E-state index contributed by atoms with van der Waals surface area (Å²) in [6, 6.07) is 26.4. The maximum Gasteiger partial charge on any atom is 0.104 e. The Morgan fingerprint density at radius 1 is 0.880 bits per heavy atom. The highest BCUT2D eigenvalue weighted by molar-refractivity contribution is 6.13. The molecule has 4 heteroatoms. The van der Waals surface area contributed by atoms with Gasteiger partial charge < -0.3 is 4.98 Å². The van der Waals surface area contributed by atoms with E-state index in [9.17, 15) is 0 Å². The van der Waals surface area contributed by atoms with Gasteiger partial charge in [-0.15, -0.1) is 0 Å². The van der Waals surface area contributed by atoms with Gasteiger partial charge in [0, 0.05) is 11.1 Å². The third kappa shape index (κ3) is 3.28. The van der Waals surface area contributed by atoms with Crippen LogP contribution < -0.4 is 5.43 Å². The molecule has 0 amide bonds. The maximum absolute atomic E-state index is 4.68. The van der Waals surface area contributed by atoms with E-state index in [2.05, 4.69) is 44.8 Å². The van der Waals surface area contributed by atoms with Crippen molar-refractivity contribution in [3.63, 3.8) is 0 Å². The lowest BCUT2D eigenvalue weighted by molar-refractivity contribution is 1.17. The molecule has 4 aromatic rings. The zero-order valence-electron chi connectivity index (χ0n) is 13.9. The van der Waals surface area contributed by atoms with E-state index in [1.807, 2.05) is 61.5 Å². The maximum atomic E-state index is 4.68. The first-order valence-corrected chi connectivity index (χ1v) is 8.20. The first kappa shape index (κ1) is 15.1. The number of fused-ring (bicyclic) bond motifs is 1. The van der Waals surface area contributed by atoms with Crippen LogP contribution in [0.25, 0.3) is 11.0 Å². The predicted molar refractivity (Wildman–Crippen MR) is 103 cm³/mol. The van der Waals surface area contributed by atoms with Gasteiger partial charge in [0.25, 0.3) is 0 Å². The first-order valence-electron chi connectivity index (χ1n) is 8.20. The van der Waals surface area contributed by atoms with Crippen molar-refractivity contribution in [3.05, 3.63) is 95.8 Å². The number of imidazole rings is 1. The van der Waals surface area contributed by atoms with Gasteiger partial charge in [-0.3, -0.25) is 5.43 Å². The van der Waals surface area contributed by atoms with Crippen LogP contribution >= 0.6 is 0 Å². The number of rotatable bonds is 4. The number of benzene rings is 3. The topological polar surface area (TPSA) is 53.1 Å². The van der Waals surface area contributed by atoms with Crippen molar-refractivity contribution in [3.8, 4) is 0 Å². The van der Waals surface area contributed by atoms with E-state index < -0.39 is 0 Å². The molecule has 0 bridgehead atoms. The predicted octanol–water partition coefficient (Wildman–Crippen LogP) is 4.74. The second-order valence-corrected chi connectivity index (χ2v) is 5.86. The highest BCUT2D eigenvalue weighted by Crippen LogP contribution is 2.18. The summed E-state index contributed by atoms with van der Waals surface area (Å²) in [7, 11) is 0. The molecule has 0 saturated carbocycles. The Bertz CT molecular complexity index is 976. The van der Waals surface area contributed by atoms with Crippen LogP contribution in [-0.4, -0.2) is 15.7 Å². The zero-order chi connectivity index (χ0) is 17.1. The molecule has 4 rings (SSSR count). The van der Waals surface area contributed by atoms with Crippen molar-refractivity contribution in [2.75, 3.05) is 5.43 Å². The van der Waals surface area contributed by atoms with Crippen LogP contribution in [0.3, 0.4) is 0 Å². The number of H-pyrrole nitrogens is 1. The summed E-state index contributed by atoms with van der Waals surface area (Å²) in [6.07, 6.45) is 0. The van der Waals surface area contributed by atoms with E-state index in [1.165, 1.54) is 0 Å². The fraction of sp³-hybridized carbons (Fsp3) is 0.0476. The lowest BCUT2D eigenvalue weighted by Gasteiger charge is -2.08. The van der Waals surface area contributed by atoms with E-state index in [0.29, 0.717) is 0 Å². The summed E-state index contributed by atoms with van der Waals surface area (Å²) in [5, 5.41) is 4.68. The van der Waals surface area contributed by atoms with E-state index in [4.69, 9.17) is 0 Å². The third-order valence-electron chi connectivity index (χ3n) is 3.99. The number of aromatic amines is 1. The molecule has 2 N–H and O–H groups in total. The summed E-state index contributed by atoms with van der Waals surface area (Å²) in [5.74, 6) is 0.907. The summed E-state index contributed by atoms with van der Waals surface area (Å²) in [4.78, 5) is 7.68. The fourth-order valence-corrected chi connectivity index (χ4v) is 2.81. The van der Waals surface area contributed by atoms with Gasteiger partial charge >= 0.3 is 0 Å². The fourth-order valence-electron chi connectivity index (χ4n) is 2.81. The zero-order valence-corrected chi connectivity index (χ0v) is 13.9. The lowest BCUT2D eigenvalue weighted by atomic mass is 10.0. The molecule has 0 aliphatic carbocycles. The van der Waals surface area contributed by atoms with Gasteiger partial charge in [-0.05, 0) is 25.1 Å². The molecule has 1 aromatic heterocycles. The number of aromatic nitrogens is 2. The Labute approximate surface area is 146 Å². The van der Waals surface area contributed by atoms with Crippen molar-refractivity contribution in [2.24, 2.45) is 5.10 Å². The van der Waals surface area contributed by atoms with Crippen LogP contribution in [-0.2, 0) is 0 Å². The van der Waals surface area contributed by atoms with E-state index >= 15 is 0 Å². The number of nitrogens with one attached hydrogen (secondary N) is 2. The molecule has 0 radical (unpaired) electrons. The molecule has 1 heterocycles. The summed E-state index contributed by atoms with van der Waals surface area (Å²) in [5.41, 5.74) is 9.10.